The van der Waals surface area contributed by atoms with Gasteiger partial charge in [-0.15, -0.1) is 6.58 Å². The first-order chi connectivity index (χ1) is 20.1. The number of aliphatic hydroxyl groups excluding tert-OH is 1. The minimum Gasteiger partial charge on any atom is -0.392 e. The van der Waals surface area contributed by atoms with Gasteiger partial charge in [0.05, 0.1) is 35.6 Å². The Morgan fingerprint density at radius 1 is 0.878 bits per heavy atom. The molecule has 2 amide bonds. The van der Waals surface area contributed by atoms with Crippen LogP contribution in [0.15, 0.2) is 85.5 Å². The summed E-state index contributed by atoms with van der Waals surface area (Å²) in [6.07, 6.45) is 6.74. The second-order valence-electron chi connectivity index (χ2n) is 11.1. The molecule has 7 heteroatoms. The van der Waals surface area contributed by atoms with Gasteiger partial charge in [-0.2, -0.15) is 0 Å². The molecule has 1 saturated carbocycles. The quantitative estimate of drug-likeness (QED) is 0.261. The number of carbonyl (C=O) groups excluding carboxylic acids is 2. The van der Waals surface area contributed by atoms with E-state index in [1.807, 2.05) is 42.5 Å². The molecule has 212 valence electrons. The van der Waals surface area contributed by atoms with Crippen molar-refractivity contribution in [1.29, 1.82) is 0 Å². The summed E-state index contributed by atoms with van der Waals surface area (Å²) in [5.74, 6) is -0.631. The SMILES string of the molecule is C=CCN(C[C@H]1C[C@@H](c2ccc(CO)cc2)O[C@@H](c2ccc(N3C(=O)c4ccccc4C3=O)cc2)O1)C1CCCC1. The van der Waals surface area contributed by atoms with E-state index in [4.69, 9.17) is 9.47 Å². The van der Waals surface area contributed by atoms with Crippen LogP contribution in [0.5, 0.6) is 0 Å². The minimum atomic E-state index is -0.610. The second kappa shape index (κ2) is 12.1. The van der Waals surface area contributed by atoms with E-state index in [0.717, 1.165) is 29.8 Å². The molecule has 2 aliphatic heterocycles. The summed E-state index contributed by atoms with van der Waals surface area (Å²) < 4.78 is 13.1. The third-order valence-corrected chi connectivity index (χ3v) is 8.48. The number of nitrogens with zero attached hydrogens (tertiary/aromatic N) is 2. The molecule has 7 nitrogen and oxygen atoms in total. The van der Waals surface area contributed by atoms with Crippen LogP contribution in [0.2, 0.25) is 0 Å². The van der Waals surface area contributed by atoms with Crippen LogP contribution in [0.3, 0.4) is 0 Å². The normalized spacial score (nSPS) is 22.9. The summed E-state index contributed by atoms with van der Waals surface area (Å²) in [5, 5.41) is 9.50. The lowest BCUT2D eigenvalue weighted by atomic mass is 9.99. The summed E-state index contributed by atoms with van der Waals surface area (Å²) in [6.45, 7) is 5.60. The van der Waals surface area contributed by atoms with Gasteiger partial charge in [-0.1, -0.05) is 67.4 Å². The van der Waals surface area contributed by atoms with Gasteiger partial charge in [-0.3, -0.25) is 14.5 Å². The Morgan fingerprint density at radius 3 is 2.12 bits per heavy atom. The van der Waals surface area contributed by atoms with Crippen molar-refractivity contribution in [3.63, 3.8) is 0 Å². The Kier molecular flexibility index (Phi) is 8.12. The maximum Gasteiger partial charge on any atom is 0.266 e. The van der Waals surface area contributed by atoms with E-state index < -0.39 is 6.29 Å². The zero-order valence-electron chi connectivity index (χ0n) is 23.2. The van der Waals surface area contributed by atoms with E-state index >= 15 is 0 Å². The van der Waals surface area contributed by atoms with Gasteiger partial charge in [-0.05, 0) is 48.2 Å². The Bertz CT molecular complexity index is 1360. The van der Waals surface area contributed by atoms with Gasteiger partial charge in [0.2, 0.25) is 0 Å². The molecular formula is C34H36N2O5. The maximum absolute atomic E-state index is 13.0. The smallest absolute Gasteiger partial charge is 0.266 e. The van der Waals surface area contributed by atoms with Gasteiger partial charge in [0.25, 0.3) is 11.8 Å². The van der Waals surface area contributed by atoms with Crippen LogP contribution in [0.4, 0.5) is 5.69 Å². The van der Waals surface area contributed by atoms with Crippen LogP contribution in [0, 0.1) is 0 Å². The summed E-state index contributed by atoms with van der Waals surface area (Å²) in [7, 11) is 0. The Balaban J connectivity index is 1.24. The third-order valence-electron chi connectivity index (χ3n) is 8.48. The van der Waals surface area contributed by atoms with Crippen molar-refractivity contribution in [2.75, 3.05) is 18.0 Å². The van der Waals surface area contributed by atoms with Crippen LogP contribution in [0.25, 0.3) is 0 Å². The number of imide groups is 1. The lowest BCUT2D eigenvalue weighted by molar-refractivity contribution is -0.253. The van der Waals surface area contributed by atoms with Gasteiger partial charge in [0, 0.05) is 31.1 Å². The molecule has 3 aliphatic rings. The zero-order chi connectivity index (χ0) is 28.3. The van der Waals surface area contributed by atoms with Crippen molar-refractivity contribution in [1.82, 2.24) is 4.90 Å². The molecule has 0 unspecified atom stereocenters. The third kappa shape index (κ3) is 5.63. The van der Waals surface area contributed by atoms with Crippen LogP contribution in [-0.4, -0.2) is 47.1 Å². The van der Waals surface area contributed by atoms with E-state index in [9.17, 15) is 14.7 Å². The van der Waals surface area contributed by atoms with Crippen LogP contribution < -0.4 is 4.90 Å². The number of fused-ring (bicyclic) bond motifs is 1. The molecule has 6 rings (SSSR count). The highest BCUT2D eigenvalue weighted by Gasteiger charge is 2.37. The molecule has 1 saturated heterocycles. The lowest BCUT2D eigenvalue weighted by Gasteiger charge is -2.39. The number of amides is 2. The molecule has 0 spiro atoms. The summed E-state index contributed by atoms with van der Waals surface area (Å²) >= 11 is 0. The molecular weight excluding hydrogens is 516 g/mol. The second-order valence-corrected chi connectivity index (χ2v) is 11.1. The predicted molar refractivity (Wildman–Crippen MR) is 156 cm³/mol. The fourth-order valence-electron chi connectivity index (χ4n) is 6.31. The zero-order valence-corrected chi connectivity index (χ0v) is 23.2. The van der Waals surface area contributed by atoms with Crippen LogP contribution in [0.1, 0.15) is 81.9 Å². The lowest BCUT2D eigenvalue weighted by Crippen LogP contribution is -2.43. The van der Waals surface area contributed by atoms with Crippen molar-refractivity contribution in [2.45, 2.75) is 63.3 Å². The Labute approximate surface area is 241 Å². The molecule has 0 radical (unpaired) electrons. The molecule has 1 aliphatic carbocycles. The number of hydrogen-bond acceptors (Lipinski definition) is 6. The average Bonchev–Trinajstić information content (AvgIpc) is 3.64. The van der Waals surface area contributed by atoms with Gasteiger partial charge >= 0.3 is 0 Å². The predicted octanol–water partition coefficient (Wildman–Crippen LogP) is 5.96. The molecule has 41 heavy (non-hydrogen) atoms. The number of aliphatic hydroxyl groups is 1. The van der Waals surface area contributed by atoms with Gasteiger partial charge in [0.1, 0.15) is 0 Å². The largest absolute Gasteiger partial charge is 0.392 e. The van der Waals surface area contributed by atoms with Crippen molar-refractivity contribution in [3.05, 3.63) is 113 Å². The molecule has 1 N–H and O–H groups in total. The van der Waals surface area contributed by atoms with Gasteiger partial charge in [-0.25, -0.2) is 4.90 Å². The molecule has 0 bridgehead atoms. The highest BCUT2D eigenvalue weighted by molar-refractivity contribution is 6.34. The molecule has 3 atom stereocenters. The Morgan fingerprint density at radius 2 is 1.51 bits per heavy atom. The molecule has 3 aromatic rings. The number of anilines is 1. The van der Waals surface area contributed by atoms with E-state index in [1.54, 1.807) is 36.4 Å². The van der Waals surface area contributed by atoms with E-state index in [2.05, 4.69) is 11.5 Å². The van der Waals surface area contributed by atoms with Crippen molar-refractivity contribution < 1.29 is 24.2 Å². The first kappa shape index (κ1) is 27.5. The number of hydrogen-bond donors (Lipinski definition) is 1. The first-order valence-electron chi connectivity index (χ1n) is 14.5. The fourth-order valence-corrected chi connectivity index (χ4v) is 6.31. The van der Waals surface area contributed by atoms with Crippen molar-refractivity contribution in [2.24, 2.45) is 0 Å². The average molecular weight is 553 g/mol. The molecule has 2 heterocycles. The number of ether oxygens (including phenoxy) is 2. The maximum atomic E-state index is 13.0. The van der Waals surface area contributed by atoms with Crippen molar-refractivity contribution in [3.8, 4) is 0 Å². The fraction of sp³-hybridized carbons (Fsp3) is 0.353. The monoisotopic (exact) mass is 552 g/mol. The summed E-state index contributed by atoms with van der Waals surface area (Å²) in [4.78, 5) is 29.7. The van der Waals surface area contributed by atoms with Gasteiger partial charge in [0.15, 0.2) is 6.29 Å². The van der Waals surface area contributed by atoms with Crippen molar-refractivity contribution >= 4 is 17.5 Å². The Hall–Kier alpha value is -3.62. The molecule has 0 aromatic heterocycles. The highest BCUT2D eigenvalue weighted by atomic mass is 16.7. The summed E-state index contributed by atoms with van der Waals surface area (Å²) in [6, 6.07) is 22.6. The molecule has 2 fully saturated rings. The minimum absolute atomic E-state index is 0.00246. The standard InChI is InChI=1S/C34H36N2O5/c1-2-19-35(26-7-3-4-8-26)21-28-20-31(24-13-11-23(22-37)12-14-24)41-34(40-28)25-15-17-27(18-16-25)36-32(38)29-9-5-6-10-30(29)33(36)39/h2,5-6,9-18,26,28,31,34,37H,1,3-4,7-8,19-22H2/t28-,31+,34+/m1/s1. The van der Waals surface area contributed by atoms with Gasteiger partial charge < -0.3 is 14.6 Å². The topological polar surface area (TPSA) is 79.3 Å². The van der Waals surface area contributed by atoms with E-state index in [0.29, 0.717) is 29.3 Å². The van der Waals surface area contributed by atoms with E-state index in [1.165, 1.54) is 30.6 Å². The number of benzene rings is 3. The molecule has 3 aromatic carbocycles. The van der Waals surface area contributed by atoms with E-state index in [-0.39, 0.29) is 30.6 Å². The van der Waals surface area contributed by atoms with Crippen LogP contribution >= 0.6 is 0 Å². The summed E-state index contributed by atoms with van der Waals surface area (Å²) in [5.41, 5.74) is 4.08. The number of rotatable bonds is 9. The number of carbonyl (C=O) groups is 2. The highest BCUT2D eigenvalue weighted by Crippen LogP contribution is 2.39. The van der Waals surface area contributed by atoms with Crippen LogP contribution in [-0.2, 0) is 16.1 Å². The first-order valence-corrected chi connectivity index (χ1v) is 14.5.